The molecule has 0 saturated heterocycles. The van der Waals surface area contributed by atoms with Crippen molar-refractivity contribution in [2.45, 2.75) is 18.9 Å². The zero-order valence-electron chi connectivity index (χ0n) is 10.4. The number of aliphatic carboxylic acids is 1. The maximum Gasteiger partial charge on any atom is 0.306 e. The largest absolute Gasteiger partial charge is 0.497 e. The average molecular weight is 270 g/mol. The highest BCUT2D eigenvalue weighted by Gasteiger charge is 2.37. The first-order valence-electron chi connectivity index (χ1n) is 5.82. The van der Waals surface area contributed by atoms with Crippen molar-refractivity contribution in [3.63, 3.8) is 0 Å². The van der Waals surface area contributed by atoms with Crippen molar-refractivity contribution in [1.29, 1.82) is 0 Å². The molecule has 0 unspecified atom stereocenters. The highest BCUT2D eigenvalue weighted by molar-refractivity contribution is 6.33. The number of halogens is 1. The second kappa shape index (κ2) is 5.06. The van der Waals surface area contributed by atoms with Crippen LogP contribution in [0.5, 0.6) is 5.75 Å². The molecule has 98 valence electrons. The molecular formula is C13H16ClNO3. The number of carboxylic acid groups (broad SMARTS) is 1. The van der Waals surface area contributed by atoms with Crippen LogP contribution < -0.4 is 9.64 Å². The number of ether oxygens (including phenoxy) is 1. The average Bonchev–Trinajstić information content (AvgIpc) is 2.25. The number of rotatable bonds is 4. The molecule has 1 aliphatic rings. The first-order valence-corrected chi connectivity index (χ1v) is 6.20. The molecule has 0 amide bonds. The summed E-state index contributed by atoms with van der Waals surface area (Å²) in [5.41, 5.74) is 0.909. The first-order chi connectivity index (χ1) is 8.52. The van der Waals surface area contributed by atoms with E-state index in [0.717, 1.165) is 5.69 Å². The molecule has 0 bridgehead atoms. The molecule has 0 aromatic heterocycles. The number of hydrogen-bond acceptors (Lipinski definition) is 3. The van der Waals surface area contributed by atoms with Gasteiger partial charge in [0.15, 0.2) is 0 Å². The van der Waals surface area contributed by atoms with Crippen molar-refractivity contribution < 1.29 is 14.6 Å². The van der Waals surface area contributed by atoms with Crippen molar-refractivity contribution in [1.82, 2.24) is 0 Å². The Morgan fingerprint density at radius 3 is 2.67 bits per heavy atom. The van der Waals surface area contributed by atoms with E-state index < -0.39 is 5.97 Å². The lowest BCUT2D eigenvalue weighted by molar-refractivity contribution is -0.145. The molecule has 0 aliphatic heterocycles. The van der Waals surface area contributed by atoms with Crippen LogP contribution in [0.3, 0.4) is 0 Å². The lowest BCUT2D eigenvalue weighted by atomic mass is 9.79. The molecule has 5 heteroatoms. The second-order valence-corrected chi connectivity index (χ2v) is 5.00. The number of nitrogens with zero attached hydrogens (tertiary/aromatic N) is 1. The van der Waals surface area contributed by atoms with Crippen LogP contribution in [0.25, 0.3) is 0 Å². The molecule has 0 atom stereocenters. The summed E-state index contributed by atoms with van der Waals surface area (Å²) in [7, 11) is 3.54. The van der Waals surface area contributed by atoms with E-state index >= 15 is 0 Å². The van der Waals surface area contributed by atoms with E-state index in [1.54, 1.807) is 13.2 Å². The molecule has 1 N–H and O–H groups in total. The van der Waals surface area contributed by atoms with Gasteiger partial charge in [0.1, 0.15) is 5.75 Å². The van der Waals surface area contributed by atoms with Crippen LogP contribution in [-0.4, -0.2) is 31.3 Å². The summed E-state index contributed by atoms with van der Waals surface area (Å²) in [6.07, 6.45) is 1.35. The number of anilines is 1. The minimum atomic E-state index is -0.708. The highest BCUT2D eigenvalue weighted by atomic mass is 35.5. The van der Waals surface area contributed by atoms with Gasteiger partial charge >= 0.3 is 5.97 Å². The summed E-state index contributed by atoms with van der Waals surface area (Å²) in [6, 6.07) is 5.76. The van der Waals surface area contributed by atoms with Gasteiger partial charge in [0.2, 0.25) is 0 Å². The zero-order chi connectivity index (χ0) is 13.3. The predicted molar refractivity (Wildman–Crippen MR) is 70.6 cm³/mol. The van der Waals surface area contributed by atoms with E-state index in [-0.39, 0.29) is 12.0 Å². The van der Waals surface area contributed by atoms with Gasteiger partial charge in [-0.05, 0) is 25.0 Å². The third-order valence-corrected chi connectivity index (χ3v) is 3.85. The van der Waals surface area contributed by atoms with Crippen molar-refractivity contribution in [3.05, 3.63) is 23.2 Å². The molecule has 0 radical (unpaired) electrons. The van der Waals surface area contributed by atoms with Gasteiger partial charge in [-0.1, -0.05) is 11.6 Å². The fourth-order valence-corrected chi connectivity index (χ4v) is 2.51. The van der Waals surface area contributed by atoms with Crippen LogP contribution in [0.2, 0.25) is 5.02 Å². The van der Waals surface area contributed by atoms with Crippen molar-refractivity contribution in [2.75, 3.05) is 19.1 Å². The standard InChI is InChI=1S/C13H16ClNO3/c1-15(9-5-8(6-9)13(16)17)12-4-3-10(18-2)7-11(12)14/h3-4,7-9H,5-6H2,1-2H3,(H,16,17). The summed E-state index contributed by atoms with van der Waals surface area (Å²) >= 11 is 6.19. The predicted octanol–water partition coefficient (Wildman–Crippen LogP) is 2.65. The monoisotopic (exact) mass is 269 g/mol. The Balaban J connectivity index is 2.06. The summed E-state index contributed by atoms with van der Waals surface area (Å²) in [4.78, 5) is 12.8. The maximum absolute atomic E-state index is 10.8. The van der Waals surface area contributed by atoms with E-state index in [0.29, 0.717) is 23.6 Å². The number of carbonyl (C=O) groups is 1. The van der Waals surface area contributed by atoms with Crippen molar-refractivity contribution >= 4 is 23.3 Å². The highest BCUT2D eigenvalue weighted by Crippen LogP contribution is 2.37. The third kappa shape index (κ3) is 2.38. The van der Waals surface area contributed by atoms with Gasteiger partial charge in [0, 0.05) is 19.2 Å². The van der Waals surface area contributed by atoms with Crippen LogP contribution in [0, 0.1) is 5.92 Å². The number of carboxylic acids is 1. The summed E-state index contributed by atoms with van der Waals surface area (Å²) in [5, 5.41) is 9.49. The summed E-state index contributed by atoms with van der Waals surface area (Å²) in [6.45, 7) is 0. The fraction of sp³-hybridized carbons (Fsp3) is 0.462. The molecule has 0 spiro atoms. The Bertz CT molecular complexity index is 458. The number of methoxy groups -OCH3 is 1. The first kappa shape index (κ1) is 13.0. The van der Waals surface area contributed by atoms with Gasteiger partial charge in [-0.2, -0.15) is 0 Å². The third-order valence-electron chi connectivity index (χ3n) is 3.54. The van der Waals surface area contributed by atoms with Gasteiger partial charge in [-0.3, -0.25) is 4.79 Å². The second-order valence-electron chi connectivity index (χ2n) is 4.59. The van der Waals surface area contributed by atoms with Crippen molar-refractivity contribution in [2.24, 2.45) is 5.92 Å². The van der Waals surface area contributed by atoms with Gasteiger partial charge in [0.25, 0.3) is 0 Å². The lowest BCUT2D eigenvalue weighted by Crippen LogP contribution is -2.45. The van der Waals surface area contributed by atoms with Crippen LogP contribution >= 0.6 is 11.6 Å². The lowest BCUT2D eigenvalue weighted by Gasteiger charge is -2.40. The van der Waals surface area contributed by atoms with E-state index in [9.17, 15) is 4.79 Å². The minimum absolute atomic E-state index is 0.213. The summed E-state index contributed by atoms with van der Waals surface area (Å²) in [5.74, 6) is -0.205. The summed E-state index contributed by atoms with van der Waals surface area (Å²) < 4.78 is 5.10. The Kier molecular flexibility index (Phi) is 3.66. The molecule has 2 rings (SSSR count). The topological polar surface area (TPSA) is 49.8 Å². The molecule has 0 heterocycles. The van der Waals surface area contributed by atoms with Crippen LogP contribution in [0.1, 0.15) is 12.8 Å². The molecule has 1 fully saturated rings. The molecule has 4 nitrogen and oxygen atoms in total. The van der Waals surface area contributed by atoms with Gasteiger partial charge in [-0.25, -0.2) is 0 Å². The molecular weight excluding hydrogens is 254 g/mol. The number of hydrogen-bond donors (Lipinski definition) is 1. The Labute approximate surface area is 111 Å². The minimum Gasteiger partial charge on any atom is -0.497 e. The normalized spacial score (nSPS) is 22.2. The number of benzene rings is 1. The van der Waals surface area contributed by atoms with E-state index in [4.69, 9.17) is 21.4 Å². The Morgan fingerprint density at radius 1 is 1.50 bits per heavy atom. The van der Waals surface area contributed by atoms with Gasteiger partial charge in [-0.15, -0.1) is 0 Å². The van der Waals surface area contributed by atoms with Gasteiger partial charge in [0.05, 0.1) is 23.7 Å². The molecule has 1 aromatic rings. The molecule has 1 aliphatic carbocycles. The van der Waals surface area contributed by atoms with Crippen LogP contribution in [-0.2, 0) is 4.79 Å². The quantitative estimate of drug-likeness (QED) is 0.913. The smallest absolute Gasteiger partial charge is 0.306 e. The van der Waals surface area contributed by atoms with E-state index in [2.05, 4.69) is 0 Å². The Morgan fingerprint density at radius 2 is 2.17 bits per heavy atom. The molecule has 1 saturated carbocycles. The van der Waals surface area contributed by atoms with Crippen molar-refractivity contribution in [3.8, 4) is 5.75 Å². The van der Waals surface area contributed by atoms with Crippen LogP contribution in [0.15, 0.2) is 18.2 Å². The van der Waals surface area contributed by atoms with Gasteiger partial charge < -0.3 is 14.7 Å². The zero-order valence-corrected chi connectivity index (χ0v) is 11.1. The van der Waals surface area contributed by atoms with E-state index in [1.807, 2.05) is 24.1 Å². The Hall–Kier alpha value is -1.42. The van der Waals surface area contributed by atoms with Crippen LogP contribution in [0.4, 0.5) is 5.69 Å². The van der Waals surface area contributed by atoms with E-state index in [1.165, 1.54) is 0 Å². The molecule has 18 heavy (non-hydrogen) atoms. The molecule has 1 aromatic carbocycles. The fourth-order valence-electron chi connectivity index (χ4n) is 2.20. The SMILES string of the molecule is COc1ccc(N(C)C2CC(C(=O)O)C2)c(Cl)c1. The maximum atomic E-state index is 10.8.